The van der Waals surface area contributed by atoms with E-state index >= 15 is 0 Å². The highest BCUT2D eigenvalue weighted by atomic mass is 19.4. The first kappa shape index (κ1) is 16.6. The van der Waals surface area contributed by atoms with E-state index in [1.165, 1.54) is 4.90 Å². The van der Waals surface area contributed by atoms with E-state index in [0.29, 0.717) is 0 Å². The standard InChI is InChI=1S/C15H18F3NO3/c16-15(17,18)14(11-20)6-8-19(9-7-14)13(21)22-10-12-4-2-1-3-5-12/h1-5,20H,6-11H2. The van der Waals surface area contributed by atoms with Gasteiger partial charge >= 0.3 is 12.3 Å². The van der Waals surface area contributed by atoms with Gasteiger partial charge in [0.2, 0.25) is 0 Å². The van der Waals surface area contributed by atoms with Gasteiger partial charge in [0.1, 0.15) is 6.61 Å². The Morgan fingerprint density at radius 2 is 1.82 bits per heavy atom. The van der Waals surface area contributed by atoms with E-state index in [9.17, 15) is 18.0 Å². The summed E-state index contributed by atoms with van der Waals surface area (Å²) in [6.07, 6.45) is -5.72. The zero-order chi connectivity index (χ0) is 16.2. The Morgan fingerprint density at radius 3 is 2.32 bits per heavy atom. The van der Waals surface area contributed by atoms with Crippen molar-refractivity contribution in [2.45, 2.75) is 25.6 Å². The maximum Gasteiger partial charge on any atom is 0.410 e. The van der Waals surface area contributed by atoms with Gasteiger partial charge in [0, 0.05) is 13.1 Å². The second-order valence-corrected chi connectivity index (χ2v) is 5.46. The molecular formula is C15H18F3NO3. The molecule has 1 amide bonds. The van der Waals surface area contributed by atoms with Gasteiger partial charge in [-0.3, -0.25) is 0 Å². The number of likely N-dealkylation sites (tertiary alicyclic amines) is 1. The van der Waals surface area contributed by atoms with Crippen LogP contribution in [-0.4, -0.2) is 42.0 Å². The second-order valence-electron chi connectivity index (χ2n) is 5.46. The first-order chi connectivity index (χ1) is 10.4. The molecule has 1 aromatic carbocycles. The minimum atomic E-state index is -4.47. The molecule has 0 bridgehead atoms. The smallest absolute Gasteiger partial charge is 0.410 e. The van der Waals surface area contributed by atoms with E-state index in [-0.39, 0.29) is 32.5 Å². The van der Waals surface area contributed by atoms with Crippen molar-refractivity contribution in [3.05, 3.63) is 35.9 Å². The molecule has 22 heavy (non-hydrogen) atoms. The summed E-state index contributed by atoms with van der Waals surface area (Å²) in [5, 5.41) is 9.10. The fourth-order valence-electron chi connectivity index (χ4n) is 2.46. The number of alkyl halides is 3. The number of halogens is 3. The Kier molecular flexibility index (Phi) is 4.95. The third kappa shape index (κ3) is 3.52. The molecule has 122 valence electrons. The average molecular weight is 317 g/mol. The largest absolute Gasteiger partial charge is 0.445 e. The van der Waals surface area contributed by atoms with Crippen molar-refractivity contribution in [1.82, 2.24) is 4.90 Å². The molecule has 1 saturated heterocycles. The average Bonchev–Trinajstić information content (AvgIpc) is 2.52. The first-order valence-corrected chi connectivity index (χ1v) is 7.01. The van der Waals surface area contributed by atoms with Crippen molar-refractivity contribution in [3.8, 4) is 0 Å². The number of amides is 1. The Hall–Kier alpha value is -1.76. The number of piperidine rings is 1. The fraction of sp³-hybridized carbons (Fsp3) is 0.533. The number of ether oxygens (including phenoxy) is 1. The van der Waals surface area contributed by atoms with E-state index in [2.05, 4.69) is 0 Å². The topological polar surface area (TPSA) is 49.8 Å². The van der Waals surface area contributed by atoms with E-state index in [4.69, 9.17) is 9.84 Å². The van der Waals surface area contributed by atoms with Crippen molar-refractivity contribution in [3.63, 3.8) is 0 Å². The van der Waals surface area contributed by atoms with Crippen LogP contribution in [0.2, 0.25) is 0 Å². The summed E-state index contributed by atoms with van der Waals surface area (Å²) in [5.74, 6) is 0. The lowest BCUT2D eigenvalue weighted by atomic mass is 9.78. The predicted octanol–water partition coefficient (Wildman–Crippen LogP) is 2.96. The number of hydrogen-bond donors (Lipinski definition) is 1. The number of aliphatic hydroxyl groups is 1. The Labute approximate surface area is 126 Å². The van der Waals surface area contributed by atoms with Crippen LogP contribution in [0, 0.1) is 5.41 Å². The monoisotopic (exact) mass is 317 g/mol. The summed E-state index contributed by atoms with van der Waals surface area (Å²) < 4.78 is 44.1. The Bertz CT molecular complexity index is 497. The molecule has 0 unspecified atom stereocenters. The van der Waals surface area contributed by atoms with E-state index < -0.39 is 24.3 Å². The molecule has 1 heterocycles. The summed E-state index contributed by atoms with van der Waals surface area (Å²) >= 11 is 0. The minimum Gasteiger partial charge on any atom is -0.445 e. The lowest BCUT2D eigenvalue weighted by Gasteiger charge is -2.41. The van der Waals surface area contributed by atoms with Crippen LogP contribution in [-0.2, 0) is 11.3 Å². The molecular weight excluding hydrogens is 299 g/mol. The molecule has 1 fully saturated rings. The highest BCUT2D eigenvalue weighted by molar-refractivity contribution is 5.67. The zero-order valence-electron chi connectivity index (χ0n) is 12.0. The summed E-state index contributed by atoms with van der Waals surface area (Å²) in [6.45, 7) is -1.02. The van der Waals surface area contributed by atoms with Crippen molar-refractivity contribution in [1.29, 1.82) is 0 Å². The quantitative estimate of drug-likeness (QED) is 0.932. The summed E-state index contributed by atoms with van der Waals surface area (Å²) in [5.41, 5.74) is -1.30. The van der Waals surface area contributed by atoms with Crippen LogP contribution in [0.15, 0.2) is 30.3 Å². The third-order valence-corrected chi connectivity index (χ3v) is 4.09. The number of aliphatic hydroxyl groups excluding tert-OH is 1. The summed E-state index contributed by atoms with van der Waals surface area (Å²) in [6, 6.07) is 9.04. The number of benzene rings is 1. The Balaban J connectivity index is 1.87. The molecule has 0 aromatic heterocycles. The Morgan fingerprint density at radius 1 is 1.23 bits per heavy atom. The molecule has 1 N–H and O–H groups in total. The van der Waals surface area contributed by atoms with Crippen molar-refractivity contribution >= 4 is 6.09 Å². The molecule has 1 aliphatic rings. The van der Waals surface area contributed by atoms with Gasteiger partial charge in [0.25, 0.3) is 0 Å². The second kappa shape index (κ2) is 6.56. The van der Waals surface area contributed by atoms with Crippen LogP contribution in [0.1, 0.15) is 18.4 Å². The van der Waals surface area contributed by atoms with Crippen LogP contribution >= 0.6 is 0 Å². The van der Waals surface area contributed by atoms with Crippen LogP contribution in [0.25, 0.3) is 0 Å². The molecule has 0 aliphatic carbocycles. The number of hydrogen-bond acceptors (Lipinski definition) is 3. The molecule has 7 heteroatoms. The maximum atomic E-state index is 13.0. The highest BCUT2D eigenvalue weighted by Gasteiger charge is 2.55. The number of rotatable bonds is 3. The van der Waals surface area contributed by atoms with Crippen molar-refractivity contribution in [2.24, 2.45) is 5.41 Å². The van der Waals surface area contributed by atoms with Gasteiger partial charge in [0.05, 0.1) is 12.0 Å². The number of carbonyl (C=O) groups excluding carboxylic acids is 1. The molecule has 0 saturated carbocycles. The van der Waals surface area contributed by atoms with Gasteiger partial charge in [0.15, 0.2) is 0 Å². The van der Waals surface area contributed by atoms with Gasteiger partial charge in [-0.25, -0.2) is 4.79 Å². The van der Waals surface area contributed by atoms with Crippen LogP contribution < -0.4 is 0 Å². The summed E-state index contributed by atoms with van der Waals surface area (Å²) in [7, 11) is 0. The van der Waals surface area contributed by atoms with E-state index in [1.807, 2.05) is 18.2 Å². The third-order valence-electron chi connectivity index (χ3n) is 4.09. The van der Waals surface area contributed by atoms with Gasteiger partial charge in [-0.15, -0.1) is 0 Å². The SMILES string of the molecule is O=C(OCc1ccccc1)N1CCC(CO)(C(F)(F)F)CC1. The molecule has 4 nitrogen and oxygen atoms in total. The van der Waals surface area contributed by atoms with Gasteiger partial charge in [-0.1, -0.05) is 30.3 Å². The van der Waals surface area contributed by atoms with Gasteiger partial charge in [-0.2, -0.15) is 13.2 Å². The van der Waals surface area contributed by atoms with Crippen LogP contribution in [0.5, 0.6) is 0 Å². The fourth-order valence-corrected chi connectivity index (χ4v) is 2.46. The molecule has 1 aromatic rings. The van der Waals surface area contributed by atoms with Crippen molar-refractivity contribution in [2.75, 3.05) is 19.7 Å². The van der Waals surface area contributed by atoms with Crippen molar-refractivity contribution < 1.29 is 27.8 Å². The minimum absolute atomic E-state index is 0.0757. The number of carbonyl (C=O) groups is 1. The molecule has 0 spiro atoms. The number of nitrogens with zero attached hydrogens (tertiary/aromatic N) is 1. The normalized spacial score (nSPS) is 18.1. The lowest BCUT2D eigenvalue weighted by Crippen LogP contribution is -2.51. The van der Waals surface area contributed by atoms with Gasteiger partial charge in [-0.05, 0) is 18.4 Å². The molecule has 1 aliphatic heterocycles. The maximum absolute atomic E-state index is 13.0. The van der Waals surface area contributed by atoms with Crippen LogP contribution in [0.3, 0.4) is 0 Å². The highest BCUT2D eigenvalue weighted by Crippen LogP contribution is 2.45. The van der Waals surface area contributed by atoms with E-state index in [0.717, 1.165) is 5.56 Å². The van der Waals surface area contributed by atoms with Crippen LogP contribution in [0.4, 0.5) is 18.0 Å². The molecule has 0 atom stereocenters. The zero-order valence-corrected chi connectivity index (χ0v) is 12.0. The molecule has 2 rings (SSSR count). The van der Waals surface area contributed by atoms with E-state index in [1.54, 1.807) is 12.1 Å². The lowest BCUT2D eigenvalue weighted by molar-refractivity contribution is -0.248. The van der Waals surface area contributed by atoms with Gasteiger partial charge < -0.3 is 14.7 Å². The molecule has 0 radical (unpaired) electrons. The predicted molar refractivity (Wildman–Crippen MR) is 73.0 cm³/mol. The summed E-state index contributed by atoms with van der Waals surface area (Å²) in [4.78, 5) is 13.1. The first-order valence-electron chi connectivity index (χ1n) is 7.01.